The minimum Gasteiger partial charge on any atom is -0.395 e. The van der Waals surface area contributed by atoms with Crippen LogP contribution in [0.15, 0.2) is 41.1 Å². The summed E-state index contributed by atoms with van der Waals surface area (Å²) in [4.78, 5) is 0. The second-order valence-corrected chi connectivity index (χ2v) is 5.31. The highest BCUT2D eigenvalue weighted by Crippen LogP contribution is 2.47. The minimum absolute atomic E-state index is 0.0905. The van der Waals surface area contributed by atoms with Gasteiger partial charge in [0.05, 0.1) is 6.61 Å². The van der Waals surface area contributed by atoms with E-state index in [1.165, 1.54) is 16.7 Å². The van der Waals surface area contributed by atoms with Crippen molar-refractivity contribution in [3.63, 3.8) is 0 Å². The van der Waals surface area contributed by atoms with Crippen LogP contribution in [0.2, 0.25) is 0 Å². The second kappa shape index (κ2) is 3.72. The SMILES string of the molecule is OCC1(c2ccc(-c3ccsc3)cc2)CC1. The van der Waals surface area contributed by atoms with Crippen molar-refractivity contribution < 1.29 is 5.11 Å². The normalized spacial score (nSPS) is 17.3. The van der Waals surface area contributed by atoms with Crippen molar-refractivity contribution in [2.45, 2.75) is 18.3 Å². The molecule has 2 heteroatoms. The third-order valence-electron chi connectivity index (χ3n) is 3.51. The third kappa shape index (κ3) is 1.58. The molecule has 1 aromatic carbocycles. The maximum absolute atomic E-state index is 9.36. The maximum Gasteiger partial charge on any atom is 0.0527 e. The van der Waals surface area contributed by atoms with Gasteiger partial charge in [-0.1, -0.05) is 24.3 Å². The molecular formula is C14H14OS. The van der Waals surface area contributed by atoms with Gasteiger partial charge in [-0.05, 0) is 46.4 Å². The lowest BCUT2D eigenvalue weighted by molar-refractivity contribution is 0.255. The highest BCUT2D eigenvalue weighted by molar-refractivity contribution is 7.08. The molecule has 1 N–H and O–H groups in total. The highest BCUT2D eigenvalue weighted by Gasteiger charge is 2.43. The fourth-order valence-corrected chi connectivity index (χ4v) is 2.80. The van der Waals surface area contributed by atoms with E-state index in [0.29, 0.717) is 0 Å². The summed E-state index contributed by atoms with van der Waals surface area (Å²) in [6, 6.07) is 10.8. The van der Waals surface area contributed by atoms with Gasteiger partial charge in [0, 0.05) is 5.41 Å². The monoisotopic (exact) mass is 230 g/mol. The lowest BCUT2D eigenvalue weighted by atomic mass is 9.95. The predicted octanol–water partition coefficient (Wildman–Crippen LogP) is 3.44. The Morgan fingerprint density at radius 2 is 1.81 bits per heavy atom. The Bertz CT molecular complexity index is 466. The van der Waals surface area contributed by atoms with Gasteiger partial charge in [0.25, 0.3) is 0 Å². The minimum atomic E-state index is 0.0905. The number of hydrogen-bond acceptors (Lipinski definition) is 2. The number of aliphatic hydroxyl groups is 1. The fourth-order valence-electron chi connectivity index (χ4n) is 2.13. The zero-order valence-electron chi connectivity index (χ0n) is 9.02. The molecule has 0 saturated heterocycles. The van der Waals surface area contributed by atoms with Crippen LogP contribution < -0.4 is 0 Å². The lowest BCUT2D eigenvalue weighted by Gasteiger charge is -2.12. The average molecular weight is 230 g/mol. The van der Waals surface area contributed by atoms with Crippen LogP contribution in [-0.4, -0.2) is 11.7 Å². The molecule has 1 nitrogen and oxygen atoms in total. The van der Waals surface area contributed by atoms with Gasteiger partial charge < -0.3 is 5.11 Å². The molecule has 1 aromatic heterocycles. The van der Waals surface area contributed by atoms with E-state index in [4.69, 9.17) is 0 Å². The van der Waals surface area contributed by atoms with Gasteiger partial charge in [-0.15, -0.1) is 0 Å². The van der Waals surface area contributed by atoms with Crippen molar-refractivity contribution in [3.05, 3.63) is 46.7 Å². The molecule has 0 amide bonds. The largest absolute Gasteiger partial charge is 0.395 e. The summed E-state index contributed by atoms with van der Waals surface area (Å²) in [5.41, 5.74) is 3.92. The summed E-state index contributed by atoms with van der Waals surface area (Å²) in [5.74, 6) is 0. The van der Waals surface area contributed by atoms with Crippen LogP contribution in [0.5, 0.6) is 0 Å². The van der Waals surface area contributed by atoms with Crippen molar-refractivity contribution in [1.82, 2.24) is 0 Å². The quantitative estimate of drug-likeness (QED) is 0.856. The van der Waals surface area contributed by atoms with Crippen LogP contribution in [0.4, 0.5) is 0 Å². The average Bonchev–Trinajstić information content (AvgIpc) is 2.96. The molecule has 1 aliphatic carbocycles. The standard InChI is InChI=1S/C14H14OS/c15-10-14(6-7-14)13-3-1-11(2-4-13)12-5-8-16-9-12/h1-5,8-9,15H,6-7,10H2. The second-order valence-electron chi connectivity index (χ2n) is 4.53. The number of rotatable bonds is 3. The molecule has 0 atom stereocenters. The van der Waals surface area contributed by atoms with Gasteiger partial charge in [0.15, 0.2) is 0 Å². The molecule has 0 radical (unpaired) electrons. The molecule has 3 rings (SSSR count). The molecule has 1 heterocycles. The Kier molecular flexibility index (Phi) is 2.34. The maximum atomic E-state index is 9.36. The van der Waals surface area contributed by atoms with E-state index >= 15 is 0 Å². The molecule has 2 aromatic rings. The van der Waals surface area contributed by atoms with E-state index in [-0.39, 0.29) is 12.0 Å². The molecule has 0 spiro atoms. The first-order chi connectivity index (χ1) is 7.84. The van der Waals surface area contributed by atoms with Gasteiger partial charge in [-0.25, -0.2) is 0 Å². The molecule has 0 bridgehead atoms. The van der Waals surface area contributed by atoms with Crippen molar-refractivity contribution >= 4 is 11.3 Å². The van der Waals surface area contributed by atoms with Crippen LogP contribution in [0.25, 0.3) is 11.1 Å². The third-order valence-corrected chi connectivity index (χ3v) is 4.19. The van der Waals surface area contributed by atoms with E-state index in [1.54, 1.807) is 11.3 Å². The van der Waals surface area contributed by atoms with Gasteiger partial charge in [0.2, 0.25) is 0 Å². The summed E-state index contributed by atoms with van der Waals surface area (Å²) >= 11 is 1.72. The number of benzene rings is 1. The number of thiophene rings is 1. The molecule has 0 unspecified atom stereocenters. The van der Waals surface area contributed by atoms with Crippen LogP contribution in [0, 0.1) is 0 Å². The topological polar surface area (TPSA) is 20.2 Å². The molecule has 16 heavy (non-hydrogen) atoms. The first-order valence-corrected chi connectivity index (χ1v) is 6.52. The van der Waals surface area contributed by atoms with Gasteiger partial charge in [-0.3, -0.25) is 0 Å². The summed E-state index contributed by atoms with van der Waals surface area (Å²) in [5, 5.41) is 13.6. The smallest absolute Gasteiger partial charge is 0.0527 e. The van der Waals surface area contributed by atoms with E-state index in [9.17, 15) is 5.11 Å². The Balaban J connectivity index is 1.91. The summed E-state index contributed by atoms with van der Waals surface area (Å²) in [6.45, 7) is 0.283. The zero-order chi connectivity index (χ0) is 11.0. The van der Waals surface area contributed by atoms with Crippen LogP contribution in [0.3, 0.4) is 0 Å². The lowest BCUT2D eigenvalue weighted by Crippen LogP contribution is -2.11. The molecular weight excluding hydrogens is 216 g/mol. The summed E-state index contributed by atoms with van der Waals surface area (Å²) in [6.07, 6.45) is 2.25. The predicted molar refractivity (Wildman–Crippen MR) is 67.8 cm³/mol. The number of aliphatic hydroxyl groups excluding tert-OH is 1. The highest BCUT2D eigenvalue weighted by atomic mass is 32.1. The van der Waals surface area contributed by atoms with Crippen LogP contribution in [0.1, 0.15) is 18.4 Å². The molecule has 0 aliphatic heterocycles. The van der Waals surface area contributed by atoms with E-state index in [0.717, 1.165) is 12.8 Å². The Morgan fingerprint density at radius 1 is 1.06 bits per heavy atom. The van der Waals surface area contributed by atoms with E-state index in [1.807, 2.05) is 0 Å². The molecule has 1 fully saturated rings. The Labute approximate surface area is 99.4 Å². The number of hydrogen-bond donors (Lipinski definition) is 1. The molecule has 1 saturated carbocycles. The van der Waals surface area contributed by atoms with Crippen LogP contribution >= 0.6 is 11.3 Å². The van der Waals surface area contributed by atoms with Gasteiger partial charge >= 0.3 is 0 Å². The fraction of sp³-hybridized carbons (Fsp3) is 0.286. The summed E-state index contributed by atoms with van der Waals surface area (Å²) in [7, 11) is 0. The van der Waals surface area contributed by atoms with Gasteiger partial charge in [-0.2, -0.15) is 11.3 Å². The zero-order valence-corrected chi connectivity index (χ0v) is 9.83. The Hall–Kier alpha value is -1.12. The van der Waals surface area contributed by atoms with Gasteiger partial charge in [0.1, 0.15) is 0 Å². The van der Waals surface area contributed by atoms with E-state index < -0.39 is 0 Å². The van der Waals surface area contributed by atoms with Crippen molar-refractivity contribution in [3.8, 4) is 11.1 Å². The Morgan fingerprint density at radius 3 is 2.31 bits per heavy atom. The van der Waals surface area contributed by atoms with Crippen molar-refractivity contribution in [2.75, 3.05) is 6.61 Å². The first kappa shape index (κ1) is 10.1. The molecule has 1 aliphatic rings. The van der Waals surface area contributed by atoms with Crippen LogP contribution in [-0.2, 0) is 5.41 Å². The first-order valence-electron chi connectivity index (χ1n) is 5.58. The van der Waals surface area contributed by atoms with Crippen molar-refractivity contribution in [1.29, 1.82) is 0 Å². The van der Waals surface area contributed by atoms with Crippen molar-refractivity contribution in [2.24, 2.45) is 0 Å². The molecule has 82 valence electrons. The van der Waals surface area contributed by atoms with E-state index in [2.05, 4.69) is 41.1 Å². The summed E-state index contributed by atoms with van der Waals surface area (Å²) < 4.78 is 0.